The Labute approximate surface area is 130 Å². The molecule has 1 aromatic rings. The Morgan fingerprint density at radius 2 is 2.26 bits per heavy atom. The SMILES string of the molecule is Cl.Cl.N[C@@H]1CCC[C@H]1CC(=O)NCCc1cscn1. The van der Waals surface area contributed by atoms with Gasteiger partial charge in [0.1, 0.15) is 0 Å². The van der Waals surface area contributed by atoms with Crippen molar-refractivity contribution < 1.29 is 4.79 Å². The van der Waals surface area contributed by atoms with Crippen LogP contribution < -0.4 is 11.1 Å². The second-order valence-electron chi connectivity index (χ2n) is 4.64. The van der Waals surface area contributed by atoms with E-state index in [4.69, 9.17) is 5.73 Å². The van der Waals surface area contributed by atoms with Crippen molar-refractivity contribution in [3.05, 3.63) is 16.6 Å². The van der Waals surface area contributed by atoms with E-state index in [1.165, 1.54) is 0 Å². The van der Waals surface area contributed by atoms with E-state index in [0.29, 0.717) is 18.9 Å². The van der Waals surface area contributed by atoms with Gasteiger partial charge in [0.05, 0.1) is 11.2 Å². The lowest BCUT2D eigenvalue weighted by atomic mass is 10.00. The number of carbonyl (C=O) groups is 1. The summed E-state index contributed by atoms with van der Waals surface area (Å²) >= 11 is 1.58. The van der Waals surface area contributed by atoms with Crippen LogP contribution in [0, 0.1) is 5.92 Å². The zero-order chi connectivity index (χ0) is 12.1. The Morgan fingerprint density at radius 1 is 1.47 bits per heavy atom. The van der Waals surface area contributed by atoms with Crippen LogP contribution in [0.3, 0.4) is 0 Å². The van der Waals surface area contributed by atoms with Crippen molar-refractivity contribution in [2.24, 2.45) is 11.7 Å². The number of hydrogen-bond acceptors (Lipinski definition) is 4. The van der Waals surface area contributed by atoms with Gasteiger partial charge < -0.3 is 11.1 Å². The van der Waals surface area contributed by atoms with E-state index in [9.17, 15) is 4.79 Å². The molecule has 0 saturated heterocycles. The van der Waals surface area contributed by atoms with Crippen LogP contribution in [0.1, 0.15) is 31.4 Å². The Bertz CT molecular complexity index is 362. The van der Waals surface area contributed by atoms with E-state index in [2.05, 4.69) is 10.3 Å². The molecule has 1 aliphatic carbocycles. The number of halogens is 2. The van der Waals surface area contributed by atoms with Crippen molar-refractivity contribution in [3.63, 3.8) is 0 Å². The highest BCUT2D eigenvalue weighted by atomic mass is 35.5. The second kappa shape index (κ2) is 9.53. The summed E-state index contributed by atoms with van der Waals surface area (Å²) in [6.45, 7) is 0.671. The Morgan fingerprint density at radius 3 is 2.84 bits per heavy atom. The lowest BCUT2D eigenvalue weighted by Crippen LogP contribution is -2.32. The maximum absolute atomic E-state index is 11.7. The summed E-state index contributed by atoms with van der Waals surface area (Å²) in [7, 11) is 0. The van der Waals surface area contributed by atoms with Crippen LogP contribution in [0.15, 0.2) is 10.9 Å². The maximum atomic E-state index is 11.7. The summed E-state index contributed by atoms with van der Waals surface area (Å²) in [6.07, 6.45) is 4.72. The largest absolute Gasteiger partial charge is 0.356 e. The summed E-state index contributed by atoms with van der Waals surface area (Å²) in [6, 6.07) is 0.222. The predicted octanol–water partition coefficient (Wildman–Crippen LogP) is 2.16. The van der Waals surface area contributed by atoms with Crippen LogP contribution in [-0.4, -0.2) is 23.5 Å². The number of thiazole rings is 1. The van der Waals surface area contributed by atoms with Crippen molar-refractivity contribution in [1.29, 1.82) is 0 Å². The van der Waals surface area contributed by atoms with Crippen LogP contribution in [0.5, 0.6) is 0 Å². The standard InChI is InChI=1S/C12H19N3OS.2ClH/c13-11-3-1-2-9(11)6-12(16)14-5-4-10-7-17-8-15-10;;/h7-9,11H,1-6,13H2,(H,14,16);2*1H/t9-,11+;;/m0../s1. The van der Waals surface area contributed by atoms with E-state index < -0.39 is 0 Å². The van der Waals surface area contributed by atoms with Crippen molar-refractivity contribution in [3.8, 4) is 0 Å². The van der Waals surface area contributed by atoms with Gasteiger partial charge in [-0.15, -0.1) is 36.2 Å². The molecule has 1 aliphatic rings. The minimum Gasteiger partial charge on any atom is -0.356 e. The Hall–Kier alpha value is -0.360. The fraction of sp³-hybridized carbons (Fsp3) is 0.667. The quantitative estimate of drug-likeness (QED) is 0.871. The number of nitrogens with zero attached hydrogens (tertiary/aromatic N) is 1. The molecule has 0 aliphatic heterocycles. The average Bonchev–Trinajstić information content (AvgIpc) is 2.92. The third-order valence-corrected chi connectivity index (χ3v) is 3.99. The van der Waals surface area contributed by atoms with Crippen LogP contribution >= 0.6 is 36.2 Å². The van der Waals surface area contributed by atoms with Crippen molar-refractivity contribution in [1.82, 2.24) is 10.3 Å². The molecule has 0 spiro atoms. The second-order valence-corrected chi connectivity index (χ2v) is 5.36. The molecule has 1 fully saturated rings. The summed E-state index contributed by atoms with van der Waals surface area (Å²) in [5.41, 5.74) is 8.81. The number of nitrogens with one attached hydrogen (secondary N) is 1. The number of carbonyl (C=O) groups excluding carboxylic acids is 1. The number of nitrogens with two attached hydrogens (primary N) is 1. The number of hydrogen-bond donors (Lipinski definition) is 2. The average molecular weight is 326 g/mol. The van der Waals surface area contributed by atoms with Gasteiger partial charge in [-0.05, 0) is 18.8 Å². The minimum absolute atomic E-state index is 0. The molecule has 1 amide bonds. The molecule has 7 heteroatoms. The van der Waals surface area contributed by atoms with Crippen molar-refractivity contribution >= 4 is 42.1 Å². The summed E-state index contributed by atoms with van der Waals surface area (Å²) in [5.74, 6) is 0.511. The lowest BCUT2D eigenvalue weighted by Gasteiger charge is -2.14. The zero-order valence-electron chi connectivity index (χ0n) is 10.7. The first-order valence-corrected chi connectivity index (χ1v) is 7.09. The maximum Gasteiger partial charge on any atom is 0.220 e. The molecule has 2 atom stereocenters. The van der Waals surface area contributed by atoms with Gasteiger partial charge in [0, 0.05) is 30.8 Å². The number of amides is 1. The first-order valence-electron chi connectivity index (χ1n) is 6.15. The molecule has 0 radical (unpaired) electrons. The first-order chi connectivity index (χ1) is 8.25. The molecule has 110 valence electrons. The van der Waals surface area contributed by atoms with E-state index in [1.54, 1.807) is 11.3 Å². The molecule has 2 rings (SSSR count). The van der Waals surface area contributed by atoms with E-state index in [-0.39, 0.29) is 36.8 Å². The summed E-state index contributed by atoms with van der Waals surface area (Å²) < 4.78 is 0. The molecular weight excluding hydrogens is 305 g/mol. The van der Waals surface area contributed by atoms with E-state index in [1.807, 2.05) is 10.9 Å². The summed E-state index contributed by atoms with van der Waals surface area (Å²) in [4.78, 5) is 15.9. The molecule has 4 nitrogen and oxygen atoms in total. The minimum atomic E-state index is 0. The van der Waals surface area contributed by atoms with Crippen LogP contribution in [0.2, 0.25) is 0 Å². The van der Waals surface area contributed by atoms with E-state index in [0.717, 1.165) is 31.4 Å². The van der Waals surface area contributed by atoms with E-state index >= 15 is 0 Å². The monoisotopic (exact) mass is 325 g/mol. The van der Waals surface area contributed by atoms with Crippen LogP contribution in [0.25, 0.3) is 0 Å². The molecule has 1 heterocycles. The Kier molecular flexibility index (Phi) is 9.35. The van der Waals surface area contributed by atoms with Gasteiger partial charge in [0.25, 0.3) is 0 Å². The number of rotatable bonds is 5. The third-order valence-electron chi connectivity index (χ3n) is 3.35. The first kappa shape index (κ1) is 18.6. The molecule has 0 aromatic carbocycles. The molecular formula is C12H21Cl2N3OS. The van der Waals surface area contributed by atoms with Crippen LogP contribution in [-0.2, 0) is 11.2 Å². The fourth-order valence-electron chi connectivity index (χ4n) is 2.32. The molecule has 1 saturated carbocycles. The Balaban J connectivity index is 0.00000162. The van der Waals surface area contributed by atoms with Crippen molar-refractivity contribution in [2.45, 2.75) is 38.1 Å². The normalized spacial score (nSPS) is 21.3. The topological polar surface area (TPSA) is 68.0 Å². The van der Waals surface area contributed by atoms with Gasteiger partial charge >= 0.3 is 0 Å². The highest BCUT2D eigenvalue weighted by Crippen LogP contribution is 2.26. The van der Waals surface area contributed by atoms with Gasteiger partial charge in [0.2, 0.25) is 5.91 Å². The highest BCUT2D eigenvalue weighted by molar-refractivity contribution is 7.07. The smallest absolute Gasteiger partial charge is 0.220 e. The molecule has 19 heavy (non-hydrogen) atoms. The van der Waals surface area contributed by atoms with Crippen LogP contribution in [0.4, 0.5) is 0 Å². The van der Waals surface area contributed by atoms with Crippen molar-refractivity contribution in [2.75, 3.05) is 6.54 Å². The fourth-order valence-corrected chi connectivity index (χ4v) is 2.91. The molecule has 0 unspecified atom stereocenters. The van der Waals surface area contributed by atoms with Gasteiger partial charge in [-0.2, -0.15) is 0 Å². The molecule has 1 aromatic heterocycles. The van der Waals surface area contributed by atoms with Gasteiger partial charge in [-0.25, -0.2) is 4.98 Å². The predicted molar refractivity (Wildman–Crippen MR) is 83.3 cm³/mol. The third kappa shape index (κ3) is 6.08. The lowest BCUT2D eigenvalue weighted by molar-refractivity contribution is -0.122. The summed E-state index contributed by atoms with van der Waals surface area (Å²) in [5, 5.41) is 4.95. The number of aromatic nitrogens is 1. The highest BCUT2D eigenvalue weighted by Gasteiger charge is 2.25. The molecule has 0 bridgehead atoms. The molecule has 3 N–H and O–H groups in total. The zero-order valence-corrected chi connectivity index (χ0v) is 13.2. The van der Waals surface area contributed by atoms with Gasteiger partial charge in [-0.1, -0.05) is 6.42 Å². The van der Waals surface area contributed by atoms with Gasteiger partial charge in [-0.3, -0.25) is 4.79 Å². The van der Waals surface area contributed by atoms with Gasteiger partial charge in [0.15, 0.2) is 0 Å².